The normalized spacial score (nSPS) is 14.4. The first-order chi connectivity index (χ1) is 9.25. The van der Waals surface area contributed by atoms with Crippen LogP contribution < -0.4 is 10.6 Å². The second-order valence-corrected chi connectivity index (χ2v) is 5.91. The average molecular weight is 366 g/mol. The molecule has 0 amide bonds. The highest BCUT2D eigenvalue weighted by Gasteiger charge is 2.31. The van der Waals surface area contributed by atoms with E-state index in [4.69, 9.17) is 5.73 Å². The minimum absolute atomic E-state index is 0.586. The van der Waals surface area contributed by atoms with E-state index in [1.54, 1.807) is 6.33 Å². The summed E-state index contributed by atoms with van der Waals surface area (Å²) in [6.45, 7) is 0.810. The van der Waals surface area contributed by atoms with Gasteiger partial charge in [0.15, 0.2) is 0 Å². The molecule has 3 rings (SSSR count). The zero-order valence-corrected chi connectivity index (χ0v) is 12.6. The van der Waals surface area contributed by atoms with Gasteiger partial charge in [0.05, 0.1) is 3.57 Å². The quantitative estimate of drug-likeness (QED) is 0.668. The lowest BCUT2D eigenvalue weighted by Gasteiger charge is -2.25. The molecule has 98 valence electrons. The van der Waals surface area contributed by atoms with E-state index in [0.717, 1.165) is 27.2 Å². The molecule has 0 bridgehead atoms. The molecule has 0 aliphatic heterocycles. The minimum Gasteiger partial charge on any atom is -0.398 e. The van der Waals surface area contributed by atoms with Crippen LogP contribution in [0.5, 0.6) is 0 Å². The summed E-state index contributed by atoms with van der Waals surface area (Å²) in [6, 6.07) is 8.61. The Morgan fingerprint density at radius 1 is 1.32 bits per heavy atom. The van der Waals surface area contributed by atoms with E-state index in [9.17, 15) is 0 Å². The number of hydrogen-bond acceptors (Lipinski definition) is 4. The first kappa shape index (κ1) is 12.7. The molecule has 2 N–H and O–H groups in total. The van der Waals surface area contributed by atoms with Crippen LogP contribution in [0, 0.1) is 3.57 Å². The Morgan fingerprint density at radius 2 is 2.11 bits per heavy atom. The summed E-state index contributed by atoms with van der Waals surface area (Å²) >= 11 is 2.29. The molecule has 1 fully saturated rings. The molecule has 4 nitrogen and oxygen atoms in total. The van der Waals surface area contributed by atoms with Crippen molar-refractivity contribution in [2.75, 3.05) is 10.6 Å². The number of anilines is 2. The molecule has 1 heterocycles. The number of benzene rings is 1. The molecule has 0 unspecified atom stereocenters. The molecule has 0 atom stereocenters. The Kier molecular flexibility index (Phi) is 3.54. The number of nitrogens with two attached hydrogens (primary N) is 1. The number of halogens is 1. The number of nitrogens with zero attached hydrogens (tertiary/aromatic N) is 3. The van der Waals surface area contributed by atoms with Gasteiger partial charge >= 0.3 is 0 Å². The van der Waals surface area contributed by atoms with Gasteiger partial charge in [-0.3, -0.25) is 0 Å². The molecule has 1 aromatic heterocycles. The molecule has 1 aromatic carbocycles. The monoisotopic (exact) mass is 366 g/mol. The van der Waals surface area contributed by atoms with E-state index < -0.39 is 0 Å². The van der Waals surface area contributed by atoms with Crippen molar-refractivity contribution >= 4 is 34.1 Å². The van der Waals surface area contributed by atoms with Crippen molar-refractivity contribution in [3.8, 4) is 0 Å². The zero-order chi connectivity index (χ0) is 13.2. The molecule has 19 heavy (non-hydrogen) atoms. The maximum Gasteiger partial charge on any atom is 0.146 e. The van der Waals surface area contributed by atoms with Crippen LogP contribution >= 0.6 is 22.6 Å². The van der Waals surface area contributed by atoms with Crippen molar-refractivity contribution in [3.05, 3.63) is 45.9 Å². The zero-order valence-electron chi connectivity index (χ0n) is 10.5. The smallest absolute Gasteiger partial charge is 0.146 e. The second-order valence-electron chi connectivity index (χ2n) is 4.75. The van der Waals surface area contributed by atoms with Crippen LogP contribution in [0.25, 0.3) is 0 Å². The van der Waals surface area contributed by atoms with E-state index in [1.165, 1.54) is 12.8 Å². The summed E-state index contributed by atoms with van der Waals surface area (Å²) in [5, 5.41) is 0. The van der Waals surface area contributed by atoms with Crippen LogP contribution in [0.2, 0.25) is 0 Å². The van der Waals surface area contributed by atoms with E-state index in [-0.39, 0.29) is 0 Å². The van der Waals surface area contributed by atoms with Gasteiger partial charge in [0, 0.05) is 24.5 Å². The fourth-order valence-corrected chi connectivity index (χ4v) is 2.75. The van der Waals surface area contributed by atoms with Crippen LogP contribution in [0.1, 0.15) is 18.4 Å². The maximum absolute atomic E-state index is 6.04. The summed E-state index contributed by atoms with van der Waals surface area (Å²) < 4.78 is 1.08. The largest absolute Gasteiger partial charge is 0.398 e. The third kappa shape index (κ3) is 2.80. The van der Waals surface area contributed by atoms with Crippen LogP contribution in [-0.2, 0) is 6.54 Å². The van der Waals surface area contributed by atoms with Gasteiger partial charge in [-0.2, -0.15) is 0 Å². The van der Waals surface area contributed by atoms with Crippen molar-refractivity contribution in [2.45, 2.75) is 25.4 Å². The molecule has 5 heteroatoms. The molecule has 1 aliphatic carbocycles. The summed E-state index contributed by atoms with van der Waals surface area (Å²) in [5.41, 5.74) is 8.05. The maximum atomic E-state index is 6.04. The molecule has 0 radical (unpaired) electrons. The second kappa shape index (κ2) is 5.32. The fraction of sp³-hybridized carbons (Fsp3) is 0.286. The number of para-hydroxylation sites is 1. The molecular formula is C14H15IN4. The lowest BCUT2D eigenvalue weighted by molar-refractivity contribution is 0.773. The Hall–Kier alpha value is -1.37. The Morgan fingerprint density at radius 3 is 2.79 bits per heavy atom. The third-order valence-electron chi connectivity index (χ3n) is 3.30. The van der Waals surface area contributed by atoms with Crippen molar-refractivity contribution in [1.82, 2.24) is 9.97 Å². The van der Waals surface area contributed by atoms with Crippen molar-refractivity contribution in [3.63, 3.8) is 0 Å². The van der Waals surface area contributed by atoms with Gasteiger partial charge in [-0.15, -0.1) is 0 Å². The predicted molar refractivity (Wildman–Crippen MR) is 84.8 cm³/mol. The van der Waals surface area contributed by atoms with E-state index >= 15 is 0 Å². The number of nitrogen functional groups attached to an aromatic ring is 1. The van der Waals surface area contributed by atoms with E-state index in [1.807, 2.05) is 24.4 Å². The first-order valence-electron chi connectivity index (χ1n) is 6.31. The van der Waals surface area contributed by atoms with Gasteiger partial charge in [0.25, 0.3) is 0 Å². The van der Waals surface area contributed by atoms with Gasteiger partial charge in [-0.05, 0) is 47.1 Å². The van der Waals surface area contributed by atoms with Crippen LogP contribution in [0.4, 0.5) is 11.5 Å². The first-order valence-corrected chi connectivity index (χ1v) is 7.39. The Balaban J connectivity index is 1.91. The lowest BCUT2D eigenvalue weighted by atomic mass is 10.1. The topological polar surface area (TPSA) is 55.0 Å². The highest BCUT2D eigenvalue weighted by molar-refractivity contribution is 14.1. The van der Waals surface area contributed by atoms with Gasteiger partial charge in [-0.1, -0.05) is 18.2 Å². The molecule has 0 spiro atoms. The van der Waals surface area contributed by atoms with Gasteiger partial charge in [0.2, 0.25) is 0 Å². The van der Waals surface area contributed by atoms with Gasteiger partial charge in [-0.25, -0.2) is 9.97 Å². The molecule has 1 aliphatic rings. The molecule has 2 aromatic rings. The van der Waals surface area contributed by atoms with Gasteiger partial charge in [0.1, 0.15) is 12.1 Å². The Bertz CT molecular complexity index is 583. The van der Waals surface area contributed by atoms with Gasteiger partial charge < -0.3 is 10.6 Å². The number of rotatable bonds is 4. The lowest BCUT2D eigenvalue weighted by Crippen LogP contribution is -2.27. The van der Waals surface area contributed by atoms with Crippen molar-refractivity contribution in [2.24, 2.45) is 0 Å². The highest BCUT2D eigenvalue weighted by atomic mass is 127. The molecular weight excluding hydrogens is 351 g/mol. The van der Waals surface area contributed by atoms with E-state index in [0.29, 0.717) is 6.04 Å². The summed E-state index contributed by atoms with van der Waals surface area (Å²) in [4.78, 5) is 10.8. The summed E-state index contributed by atoms with van der Waals surface area (Å²) in [5.74, 6) is 1.02. The van der Waals surface area contributed by atoms with Crippen LogP contribution in [-0.4, -0.2) is 16.0 Å². The molecule has 1 saturated carbocycles. The van der Waals surface area contributed by atoms with Crippen LogP contribution in [0.3, 0.4) is 0 Å². The standard InChI is InChI=1S/C14H15IN4/c15-12-7-17-9-18-14(12)19(11-5-6-11)8-10-3-1-2-4-13(10)16/h1-4,7,9,11H,5-6,8,16H2. The van der Waals surface area contributed by atoms with Crippen molar-refractivity contribution < 1.29 is 0 Å². The minimum atomic E-state index is 0.586. The highest BCUT2D eigenvalue weighted by Crippen LogP contribution is 2.34. The fourth-order valence-electron chi connectivity index (χ4n) is 2.14. The van der Waals surface area contributed by atoms with Crippen LogP contribution in [0.15, 0.2) is 36.8 Å². The van der Waals surface area contributed by atoms with E-state index in [2.05, 4.69) is 43.5 Å². The van der Waals surface area contributed by atoms with Crippen molar-refractivity contribution in [1.29, 1.82) is 0 Å². The molecule has 0 saturated heterocycles. The summed E-state index contributed by atoms with van der Waals surface area (Å²) in [6.07, 6.45) is 5.92. The Labute approximate surface area is 126 Å². The SMILES string of the molecule is Nc1ccccc1CN(c1ncncc1I)C1CC1. The summed E-state index contributed by atoms with van der Waals surface area (Å²) in [7, 11) is 0. The predicted octanol–water partition coefficient (Wildman–Crippen LogP) is 2.83. The number of aromatic nitrogens is 2. The third-order valence-corrected chi connectivity index (χ3v) is 4.06. The number of hydrogen-bond donors (Lipinski definition) is 1. The average Bonchev–Trinajstić information content (AvgIpc) is 3.23.